The van der Waals surface area contributed by atoms with Gasteiger partial charge in [0.15, 0.2) is 0 Å². The van der Waals surface area contributed by atoms with E-state index in [1.165, 1.54) is 10.9 Å². The molecule has 2 rings (SSSR count). The summed E-state index contributed by atoms with van der Waals surface area (Å²) in [6.45, 7) is 6.52. The van der Waals surface area contributed by atoms with Crippen LogP contribution in [0.25, 0.3) is 11.0 Å². The Morgan fingerprint density at radius 1 is 1.24 bits per heavy atom. The summed E-state index contributed by atoms with van der Waals surface area (Å²) in [6.07, 6.45) is 1.92. The summed E-state index contributed by atoms with van der Waals surface area (Å²) in [5.74, 6) is 1.54. The van der Waals surface area contributed by atoms with Crippen molar-refractivity contribution < 1.29 is 4.42 Å². The number of alkyl halides is 1. The van der Waals surface area contributed by atoms with E-state index in [9.17, 15) is 0 Å². The minimum atomic E-state index is -0.0163. The maximum absolute atomic E-state index is 6.46. The van der Waals surface area contributed by atoms with Gasteiger partial charge in [-0.25, -0.2) is 0 Å². The average molecular weight is 251 g/mol. The molecule has 0 saturated carbocycles. The first kappa shape index (κ1) is 12.5. The quantitative estimate of drug-likeness (QED) is 0.669. The molecule has 0 amide bonds. The summed E-state index contributed by atoms with van der Waals surface area (Å²) in [7, 11) is 0. The second kappa shape index (κ2) is 5.14. The van der Waals surface area contributed by atoms with Gasteiger partial charge in [-0.3, -0.25) is 0 Å². The fraction of sp³-hybridized carbons (Fsp3) is 0.467. The van der Waals surface area contributed by atoms with Crippen molar-refractivity contribution in [2.24, 2.45) is 5.92 Å². The van der Waals surface area contributed by atoms with E-state index in [1.807, 2.05) is 18.2 Å². The van der Waals surface area contributed by atoms with Gasteiger partial charge in [-0.1, -0.05) is 39.0 Å². The van der Waals surface area contributed by atoms with Crippen LogP contribution in [0.5, 0.6) is 0 Å². The normalized spacial score (nSPS) is 13.5. The van der Waals surface area contributed by atoms with E-state index >= 15 is 0 Å². The highest BCUT2D eigenvalue weighted by atomic mass is 35.5. The van der Waals surface area contributed by atoms with Crippen molar-refractivity contribution in [1.82, 2.24) is 0 Å². The molecule has 0 radical (unpaired) electrons. The lowest BCUT2D eigenvalue weighted by Crippen LogP contribution is -1.97. The predicted molar refractivity (Wildman–Crippen MR) is 73.6 cm³/mol. The summed E-state index contributed by atoms with van der Waals surface area (Å²) in [5.41, 5.74) is 2.22. The Hall–Kier alpha value is -0.950. The van der Waals surface area contributed by atoms with Crippen LogP contribution in [0.2, 0.25) is 0 Å². The van der Waals surface area contributed by atoms with Gasteiger partial charge in [0.2, 0.25) is 0 Å². The van der Waals surface area contributed by atoms with Crippen molar-refractivity contribution in [2.75, 3.05) is 0 Å². The van der Waals surface area contributed by atoms with Crippen molar-refractivity contribution in [2.45, 2.75) is 39.0 Å². The van der Waals surface area contributed by atoms with Crippen molar-refractivity contribution in [3.05, 3.63) is 35.6 Å². The second-order valence-corrected chi connectivity index (χ2v) is 5.42. The lowest BCUT2D eigenvalue weighted by molar-refractivity contribution is 0.484. The number of halogens is 1. The molecule has 1 heterocycles. The first-order chi connectivity index (χ1) is 8.13. The molecule has 0 aliphatic heterocycles. The second-order valence-electron chi connectivity index (χ2n) is 4.89. The van der Waals surface area contributed by atoms with Crippen LogP contribution in [-0.4, -0.2) is 0 Å². The summed E-state index contributed by atoms with van der Waals surface area (Å²) < 4.78 is 5.92. The van der Waals surface area contributed by atoms with Crippen molar-refractivity contribution >= 4 is 22.6 Å². The molecule has 0 bridgehead atoms. The van der Waals surface area contributed by atoms with Crippen LogP contribution in [0.15, 0.2) is 28.7 Å². The van der Waals surface area contributed by atoms with E-state index in [0.717, 1.165) is 24.2 Å². The Kier molecular flexibility index (Phi) is 3.78. The molecule has 0 aliphatic rings. The van der Waals surface area contributed by atoms with Crippen molar-refractivity contribution in [1.29, 1.82) is 0 Å². The Morgan fingerprint density at radius 2 is 1.94 bits per heavy atom. The van der Waals surface area contributed by atoms with Crippen LogP contribution < -0.4 is 0 Å². The van der Waals surface area contributed by atoms with E-state index in [2.05, 4.69) is 26.8 Å². The number of hydrogen-bond donors (Lipinski definition) is 0. The van der Waals surface area contributed by atoms with Gasteiger partial charge in [0.1, 0.15) is 11.3 Å². The Bertz CT molecular complexity index is 499. The van der Waals surface area contributed by atoms with Crippen molar-refractivity contribution in [3.8, 4) is 0 Å². The van der Waals surface area contributed by atoms with E-state index in [-0.39, 0.29) is 5.38 Å². The molecule has 92 valence electrons. The fourth-order valence-electron chi connectivity index (χ4n) is 2.26. The molecule has 0 saturated heterocycles. The standard InChI is InChI=1S/C15H19ClO/c1-4-11-12-7-5-6-8-14(12)17-15(11)13(16)9-10(2)3/h5-8,10,13H,4,9H2,1-3H3. The highest BCUT2D eigenvalue weighted by molar-refractivity contribution is 6.20. The van der Waals surface area contributed by atoms with E-state index < -0.39 is 0 Å². The van der Waals surface area contributed by atoms with Gasteiger partial charge in [-0.15, -0.1) is 11.6 Å². The van der Waals surface area contributed by atoms with Crippen LogP contribution in [0.4, 0.5) is 0 Å². The molecule has 1 aromatic heterocycles. The lowest BCUT2D eigenvalue weighted by Gasteiger charge is -2.10. The van der Waals surface area contributed by atoms with Gasteiger partial charge in [0, 0.05) is 10.9 Å². The van der Waals surface area contributed by atoms with Crippen LogP contribution in [0, 0.1) is 5.92 Å². The minimum absolute atomic E-state index is 0.0163. The summed E-state index contributed by atoms with van der Waals surface area (Å²) in [6, 6.07) is 8.17. The topological polar surface area (TPSA) is 13.1 Å². The third-order valence-electron chi connectivity index (χ3n) is 3.05. The van der Waals surface area contributed by atoms with Crippen LogP contribution in [-0.2, 0) is 6.42 Å². The fourth-order valence-corrected chi connectivity index (χ4v) is 2.79. The van der Waals surface area contributed by atoms with Crippen LogP contribution in [0.1, 0.15) is 43.9 Å². The molecule has 0 fully saturated rings. The van der Waals surface area contributed by atoms with Gasteiger partial charge in [-0.2, -0.15) is 0 Å². The monoisotopic (exact) mass is 250 g/mol. The molecule has 2 heteroatoms. The summed E-state index contributed by atoms with van der Waals surface area (Å²) in [4.78, 5) is 0. The van der Waals surface area contributed by atoms with Gasteiger partial charge in [0.05, 0.1) is 5.38 Å². The third-order valence-corrected chi connectivity index (χ3v) is 3.42. The lowest BCUT2D eigenvalue weighted by atomic mass is 10.0. The third kappa shape index (κ3) is 2.50. The zero-order valence-electron chi connectivity index (χ0n) is 10.7. The summed E-state index contributed by atoms with van der Waals surface area (Å²) >= 11 is 6.46. The number of furan rings is 1. The predicted octanol–water partition coefficient (Wildman–Crippen LogP) is 5.32. The SMILES string of the molecule is CCc1c(C(Cl)CC(C)C)oc2ccccc12. The first-order valence-corrected chi connectivity index (χ1v) is 6.71. The largest absolute Gasteiger partial charge is 0.459 e. The molecule has 17 heavy (non-hydrogen) atoms. The zero-order valence-corrected chi connectivity index (χ0v) is 11.4. The van der Waals surface area contributed by atoms with E-state index in [0.29, 0.717) is 5.92 Å². The van der Waals surface area contributed by atoms with E-state index in [4.69, 9.17) is 16.0 Å². The van der Waals surface area contributed by atoms with Gasteiger partial charge in [0.25, 0.3) is 0 Å². The average Bonchev–Trinajstić information content (AvgIpc) is 2.66. The van der Waals surface area contributed by atoms with Crippen LogP contribution in [0.3, 0.4) is 0 Å². The minimum Gasteiger partial charge on any atom is -0.459 e. The Balaban J connectivity index is 2.45. The van der Waals surface area contributed by atoms with Gasteiger partial charge < -0.3 is 4.42 Å². The molecule has 1 aromatic carbocycles. The Labute approximate surface area is 108 Å². The molecule has 2 aromatic rings. The van der Waals surface area contributed by atoms with Crippen LogP contribution >= 0.6 is 11.6 Å². The molecule has 1 atom stereocenters. The molecule has 1 nitrogen and oxygen atoms in total. The van der Waals surface area contributed by atoms with Gasteiger partial charge >= 0.3 is 0 Å². The molecule has 0 spiro atoms. The number of hydrogen-bond acceptors (Lipinski definition) is 1. The van der Waals surface area contributed by atoms with Crippen molar-refractivity contribution in [3.63, 3.8) is 0 Å². The molecular formula is C15H19ClO. The number of fused-ring (bicyclic) bond motifs is 1. The van der Waals surface area contributed by atoms with Gasteiger partial charge in [-0.05, 0) is 24.8 Å². The molecule has 0 aliphatic carbocycles. The highest BCUT2D eigenvalue weighted by Crippen LogP contribution is 2.36. The highest BCUT2D eigenvalue weighted by Gasteiger charge is 2.20. The molecule has 0 N–H and O–H groups in total. The number of benzene rings is 1. The Morgan fingerprint density at radius 3 is 2.59 bits per heavy atom. The smallest absolute Gasteiger partial charge is 0.134 e. The number of rotatable bonds is 4. The van der Waals surface area contributed by atoms with E-state index in [1.54, 1.807) is 0 Å². The summed E-state index contributed by atoms with van der Waals surface area (Å²) in [5, 5.41) is 1.19. The maximum atomic E-state index is 6.46. The molecule has 1 unspecified atom stereocenters. The first-order valence-electron chi connectivity index (χ1n) is 6.27. The maximum Gasteiger partial charge on any atom is 0.134 e. The molecular weight excluding hydrogens is 232 g/mol. The number of aryl methyl sites for hydroxylation is 1. The zero-order chi connectivity index (χ0) is 12.4. The number of para-hydroxylation sites is 1.